The maximum Gasteiger partial charge on any atom is 0.306 e. The Kier molecular flexibility index (Phi) is 5.02. The summed E-state index contributed by atoms with van der Waals surface area (Å²) in [5, 5.41) is 8.42. The van der Waals surface area contributed by atoms with Crippen molar-refractivity contribution in [2.75, 3.05) is 0 Å². The molecule has 0 aliphatic heterocycles. The van der Waals surface area contributed by atoms with Crippen molar-refractivity contribution in [3.05, 3.63) is 12.2 Å². The minimum absolute atomic E-state index is 0.0203. The van der Waals surface area contributed by atoms with Crippen LogP contribution in [0.2, 0.25) is 0 Å². The second-order valence-electron chi connectivity index (χ2n) is 4.21. The van der Waals surface area contributed by atoms with Crippen LogP contribution < -0.4 is 0 Å². The van der Waals surface area contributed by atoms with Gasteiger partial charge in [0.25, 0.3) is 0 Å². The standard InChI is InChI=1S/C12H18O4/c1-9-4-2-5-10(8-9)16-12(15)7-3-6-11(13)14/h10H,1-8H2,(H,13,14). The van der Waals surface area contributed by atoms with Crippen molar-refractivity contribution < 1.29 is 19.4 Å². The molecule has 1 aliphatic rings. The largest absolute Gasteiger partial charge is 0.481 e. The zero-order valence-corrected chi connectivity index (χ0v) is 9.41. The van der Waals surface area contributed by atoms with Crippen LogP contribution in [0.25, 0.3) is 0 Å². The molecule has 0 saturated heterocycles. The Bertz CT molecular complexity index is 283. The van der Waals surface area contributed by atoms with Gasteiger partial charge in [-0.25, -0.2) is 0 Å². The van der Waals surface area contributed by atoms with Crippen LogP contribution in [0.1, 0.15) is 44.9 Å². The number of carbonyl (C=O) groups excluding carboxylic acids is 1. The Balaban J connectivity index is 2.18. The average Bonchev–Trinajstić information content (AvgIpc) is 2.16. The van der Waals surface area contributed by atoms with E-state index in [4.69, 9.17) is 9.84 Å². The molecule has 1 aliphatic carbocycles. The number of hydrogen-bond acceptors (Lipinski definition) is 3. The lowest BCUT2D eigenvalue weighted by Crippen LogP contribution is -2.21. The fourth-order valence-corrected chi connectivity index (χ4v) is 1.84. The van der Waals surface area contributed by atoms with Gasteiger partial charge in [-0.1, -0.05) is 12.2 Å². The van der Waals surface area contributed by atoms with E-state index in [0.29, 0.717) is 6.42 Å². The van der Waals surface area contributed by atoms with Gasteiger partial charge < -0.3 is 9.84 Å². The molecule has 1 unspecified atom stereocenters. The molecule has 1 N–H and O–H groups in total. The molecule has 4 heteroatoms. The lowest BCUT2D eigenvalue weighted by molar-refractivity contribution is -0.150. The number of carbonyl (C=O) groups is 2. The molecule has 1 fully saturated rings. The van der Waals surface area contributed by atoms with E-state index in [1.54, 1.807) is 0 Å². The van der Waals surface area contributed by atoms with Gasteiger partial charge in [-0.15, -0.1) is 0 Å². The van der Waals surface area contributed by atoms with Crippen molar-refractivity contribution in [1.29, 1.82) is 0 Å². The van der Waals surface area contributed by atoms with Crippen LogP contribution in [0.5, 0.6) is 0 Å². The Hall–Kier alpha value is -1.32. The highest BCUT2D eigenvalue weighted by Gasteiger charge is 2.19. The summed E-state index contributed by atoms with van der Waals surface area (Å²) in [6.45, 7) is 3.89. The lowest BCUT2D eigenvalue weighted by Gasteiger charge is -2.23. The molecule has 90 valence electrons. The normalized spacial score (nSPS) is 20.5. The fraction of sp³-hybridized carbons (Fsp3) is 0.667. The quantitative estimate of drug-likeness (QED) is 0.577. The third-order valence-corrected chi connectivity index (χ3v) is 2.64. The molecule has 0 radical (unpaired) electrons. The van der Waals surface area contributed by atoms with Crippen LogP contribution in [0.4, 0.5) is 0 Å². The summed E-state index contributed by atoms with van der Waals surface area (Å²) in [4.78, 5) is 21.6. The highest BCUT2D eigenvalue weighted by molar-refractivity contribution is 5.71. The first kappa shape index (κ1) is 12.7. The second-order valence-corrected chi connectivity index (χ2v) is 4.21. The number of carboxylic acids is 1. The Morgan fingerprint density at radius 1 is 1.44 bits per heavy atom. The summed E-state index contributed by atoms with van der Waals surface area (Å²) in [6, 6.07) is 0. The van der Waals surface area contributed by atoms with Gasteiger partial charge in [0.2, 0.25) is 0 Å². The fourth-order valence-electron chi connectivity index (χ4n) is 1.84. The van der Waals surface area contributed by atoms with Gasteiger partial charge in [-0.3, -0.25) is 9.59 Å². The molecular formula is C12H18O4. The zero-order chi connectivity index (χ0) is 12.0. The molecule has 0 bridgehead atoms. The molecule has 0 amide bonds. The molecule has 1 saturated carbocycles. The lowest BCUT2D eigenvalue weighted by atomic mass is 9.94. The molecule has 0 aromatic carbocycles. The Morgan fingerprint density at radius 3 is 2.81 bits per heavy atom. The molecule has 1 atom stereocenters. The Morgan fingerprint density at radius 2 is 2.19 bits per heavy atom. The van der Waals surface area contributed by atoms with Crippen molar-refractivity contribution in [3.8, 4) is 0 Å². The monoisotopic (exact) mass is 226 g/mol. The van der Waals surface area contributed by atoms with Crippen molar-refractivity contribution in [3.63, 3.8) is 0 Å². The van der Waals surface area contributed by atoms with Gasteiger partial charge >= 0.3 is 11.9 Å². The minimum atomic E-state index is -0.876. The van der Waals surface area contributed by atoms with Crippen molar-refractivity contribution >= 4 is 11.9 Å². The number of aliphatic carboxylic acids is 1. The first-order valence-electron chi connectivity index (χ1n) is 5.66. The molecular weight excluding hydrogens is 208 g/mol. The van der Waals surface area contributed by atoms with Gasteiger partial charge in [0.1, 0.15) is 6.10 Å². The van der Waals surface area contributed by atoms with Crippen LogP contribution in [-0.2, 0) is 14.3 Å². The van der Waals surface area contributed by atoms with Crippen molar-refractivity contribution in [2.45, 2.75) is 51.0 Å². The molecule has 4 nitrogen and oxygen atoms in total. The van der Waals surface area contributed by atoms with E-state index in [0.717, 1.165) is 31.3 Å². The summed E-state index contributed by atoms with van der Waals surface area (Å²) in [5.74, 6) is -1.17. The molecule has 0 heterocycles. The van der Waals surface area contributed by atoms with Gasteiger partial charge in [0.05, 0.1) is 0 Å². The molecule has 0 spiro atoms. The maximum atomic E-state index is 11.4. The number of hydrogen-bond donors (Lipinski definition) is 1. The number of carboxylic acid groups (broad SMARTS) is 1. The Labute approximate surface area is 95.3 Å². The predicted octanol–water partition coefficient (Wildman–Crippen LogP) is 2.28. The van der Waals surface area contributed by atoms with Crippen LogP contribution in [0.3, 0.4) is 0 Å². The second kappa shape index (κ2) is 6.30. The van der Waals surface area contributed by atoms with Crippen LogP contribution in [-0.4, -0.2) is 23.1 Å². The van der Waals surface area contributed by atoms with Crippen molar-refractivity contribution in [2.24, 2.45) is 0 Å². The predicted molar refractivity (Wildman–Crippen MR) is 59.0 cm³/mol. The highest BCUT2D eigenvalue weighted by atomic mass is 16.5. The topological polar surface area (TPSA) is 63.6 Å². The van der Waals surface area contributed by atoms with Crippen LogP contribution >= 0.6 is 0 Å². The summed E-state index contributed by atoms with van der Waals surface area (Å²) in [6.07, 6.45) is 4.20. The van der Waals surface area contributed by atoms with Gasteiger partial charge in [0.15, 0.2) is 0 Å². The van der Waals surface area contributed by atoms with Gasteiger partial charge in [0, 0.05) is 19.3 Å². The first-order chi connectivity index (χ1) is 7.58. The first-order valence-corrected chi connectivity index (χ1v) is 5.66. The number of esters is 1. The van der Waals surface area contributed by atoms with E-state index in [1.807, 2.05) is 0 Å². The maximum absolute atomic E-state index is 11.4. The highest BCUT2D eigenvalue weighted by Crippen LogP contribution is 2.24. The molecule has 16 heavy (non-hydrogen) atoms. The zero-order valence-electron chi connectivity index (χ0n) is 9.41. The van der Waals surface area contributed by atoms with E-state index in [2.05, 4.69) is 6.58 Å². The van der Waals surface area contributed by atoms with Gasteiger partial charge in [-0.05, 0) is 25.7 Å². The molecule has 0 aromatic heterocycles. The smallest absolute Gasteiger partial charge is 0.306 e. The molecule has 1 rings (SSSR count). The average molecular weight is 226 g/mol. The summed E-state index contributed by atoms with van der Waals surface area (Å²) < 4.78 is 5.25. The van der Waals surface area contributed by atoms with Gasteiger partial charge in [-0.2, -0.15) is 0 Å². The molecule has 0 aromatic rings. The van der Waals surface area contributed by atoms with Crippen LogP contribution in [0.15, 0.2) is 12.2 Å². The summed E-state index contributed by atoms with van der Waals surface area (Å²) >= 11 is 0. The van der Waals surface area contributed by atoms with E-state index < -0.39 is 5.97 Å². The number of rotatable bonds is 5. The summed E-state index contributed by atoms with van der Waals surface area (Å²) in [7, 11) is 0. The van der Waals surface area contributed by atoms with E-state index in [1.165, 1.54) is 0 Å². The third-order valence-electron chi connectivity index (χ3n) is 2.64. The van der Waals surface area contributed by atoms with E-state index in [9.17, 15) is 9.59 Å². The SMILES string of the molecule is C=C1CCCC(OC(=O)CCCC(=O)O)C1. The third kappa shape index (κ3) is 4.96. The minimum Gasteiger partial charge on any atom is -0.481 e. The van der Waals surface area contributed by atoms with Crippen LogP contribution in [0, 0.1) is 0 Å². The van der Waals surface area contributed by atoms with Crippen molar-refractivity contribution in [1.82, 2.24) is 0 Å². The number of ether oxygens (including phenoxy) is 1. The van der Waals surface area contributed by atoms with E-state index >= 15 is 0 Å². The van der Waals surface area contributed by atoms with E-state index in [-0.39, 0.29) is 24.9 Å². The summed E-state index contributed by atoms with van der Waals surface area (Å²) in [5.41, 5.74) is 1.13.